The van der Waals surface area contributed by atoms with Gasteiger partial charge in [-0.2, -0.15) is 0 Å². The average Bonchev–Trinajstić information content (AvgIpc) is 2.48. The molecule has 0 radical (unpaired) electrons. The Labute approximate surface area is 125 Å². The molecule has 0 unspecified atom stereocenters. The van der Waals surface area contributed by atoms with Gasteiger partial charge >= 0.3 is 0 Å². The normalized spacial score (nSPS) is 21.4. The monoisotopic (exact) mass is 299 g/mol. The van der Waals surface area contributed by atoms with Crippen molar-refractivity contribution < 1.29 is 9.53 Å². The number of nitrogens with one attached hydrogen (secondary N) is 2. The van der Waals surface area contributed by atoms with E-state index in [1.165, 1.54) is 32.1 Å². The molecule has 0 atom stereocenters. The van der Waals surface area contributed by atoms with Crippen molar-refractivity contribution in [3.05, 3.63) is 0 Å². The smallest absolute Gasteiger partial charge is 0.239 e. The molecule has 2 rings (SSSR count). The predicted molar refractivity (Wildman–Crippen MR) is 83.2 cm³/mol. The maximum atomic E-state index is 11.6. The Morgan fingerprint density at radius 3 is 2.85 bits per heavy atom. The van der Waals surface area contributed by atoms with E-state index in [0.29, 0.717) is 25.1 Å². The molecule has 0 saturated heterocycles. The van der Waals surface area contributed by atoms with Crippen LogP contribution < -0.4 is 10.6 Å². The fourth-order valence-corrected chi connectivity index (χ4v) is 3.93. The Kier molecular flexibility index (Phi) is 6.16. The Bertz CT molecular complexity index is 354. The molecular formula is C14H25N3O2S. The second-order valence-electron chi connectivity index (χ2n) is 5.67. The van der Waals surface area contributed by atoms with Gasteiger partial charge in [0.05, 0.1) is 13.2 Å². The SMILES string of the molecule is COCCNC(=O)CNC1=NCC2(CCCCC2)CS1. The molecule has 1 amide bonds. The van der Waals surface area contributed by atoms with Gasteiger partial charge in [0, 0.05) is 26.0 Å². The number of hydrogen-bond acceptors (Lipinski definition) is 5. The minimum Gasteiger partial charge on any atom is -0.383 e. The molecule has 2 aliphatic rings. The zero-order valence-electron chi connectivity index (χ0n) is 12.2. The molecule has 5 nitrogen and oxygen atoms in total. The quantitative estimate of drug-likeness (QED) is 0.753. The summed E-state index contributed by atoms with van der Waals surface area (Å²) in [6.45, 7) is 2.32. The second-order valence-corrected chi connectivity index (χ2v) is 6.63. The number of amides is 1. The molecule has 114 valence electrons. The summed E-state index contributed by atoms with van der Waals surface area (Å²) < 4.78 is 4.89. The largest absolute Gasteiger partial charge is 0.383 e. The first-order valence-corrected chi connectivity index (χ1v) is 8.39. The summed E-state index contributed by atoms with van der Waals surface area (Å²) in [5.74, 6) is 1.13. The summed E-state index contributed by atoms with van der Waals surface area (Å²) in [5, 5.41) is 6.84. The number of amidine groups is 1. The Hall–Kier alpha value is -0.750. The van der Waals surface area contributed by atoms with Crippen LogP contribution in [0.2, 0.25) is 0 Å². The van der Waals surface area contributed by atoms with Gasteiger partial charge in [0.25, 0.3) is 0 Å². The molecule has 1 saturated carbocycles. The predicted octanol–water partition coefficient (Wildman–Crippen LogP) is 1.39. The van der Waals surface area contributed by atoms with E-state index in [0.717, 1.165) is 17.5 Å². The standard InChI is InChI=1S/C14H25N3O2S/c1-19-8-7-15-12(18)9-16-13-17-10-14(11-20-13)5-3-2-4-6-14/h2-11H2,1H3,(H,15,18)(H,16,17). The van der Waals surface area contributed by atoms with Crippen LogP contribution in [-0.2, 0) is 9.53 Å². The molecular weight excluding hydrogens is 274 g/mol. The van der Waals surface area contributed by atoms with E-state index >= 15 is 0 Å². The first-order valence-electron chi connectivity index (χ1n) is 7.41. The van der Waals surface area contributed by atoms with Gasteiger partial charge in [0.2, 0.25) is 5.91 Å². The lowest BCUT2D eigenvalue weighted by Gasteiger charge is -2.38. The highest BCUT2D eigenvalue weighted by Crippen LogP contribution is 2.41. The van der Waals surface area contributed by atoms with Crippen LogP contribution in [0.25, 0.3) is 0 Å². The summed E-state index contributed by atoms with van der Waals surface area (Å²) >= 11 is 1.77. The molecule has 20 heavy (non-hydrogen) atoms. The van der Waals surface area contributed by atoms with Crippen LogP contribution in [0.15, 0.2) is 4.99 Å². The fraction of sp³-hybridized carbons (Fsp3) is 0.857. The van der Waals surface area contributed by atoms with Gasteiger partial charge in [-0.05, 0) is 18.3 Å². The third-order valence-electron chi connectivity index (χ3n) is 4.02. The molecule has 1 aliphatic carbocycles. The number of hydrogen-bond donors (Lipinski definition) is 2. The third kappa shape index (κ3) is 4.66. The Morgan fingerprint density at radius 2 is 2.20 bits per heavy atom. The highest BCUT2D eigenvalue weighted by molar-refractivity contribution is 8.13. The highest BCUT2D eigenvalue weighted by Gasteiger charge is 2.34. The molecule has 0 bridgehead atoms. The van der Waals surface area contributed by atoms with Crippen molar-refractivity contribution in [3.63, 3.8) is 0 Å². The van der Waals surface area contributed by atoms with Crippen LogP contribution in [0, 0.1) is 5.41 Å². The number of carbonyl (C=O) groups is 1. The van der Waals surface area contributed by atoms with Crippen LogP contribution in [0.3, 0.4) is 0 Å². The topological polar surface area (TPSA) is 62.7 Å². The van der Waals surface area contributed by atoms with Crippen LogP contribution in [-0.4, -0.2) is 50.2 Å². The van der Waals surface area contributed by atoms with Gasteiger partial charge in [-0.15, -0.1) is 0 Å². The zero-order chi connectivity index (χ0) is 14.3. The Morgan fingerprint density at radius 1 is 1.40 bits per heavy atom. The molecule has 0 aromatic carbocycles. The van der Waals surface area contributed by atoms with Crippen molar-refractivity contribution in [1.82, 2.24) is 10.6 Å². The maximum absolute atomic E-state index is 11.6. The van der Waals surface area contributed by atoms with Gasteiger partial charge in [0.1, 0.15) is 0 Å². The lowest BCUT2D eigenvalue weighted by molar-refractivity contribution is -0.120. The zero-order valence-corrected chi connectivity index (χ0v) is 13.1. The van der Waals surface area contributed by atoms with Crippen molar-refractivity contribution in [3.8, 4) is 0 Å². The molecule has 1 heterocycles. The van der Waals surface area contributed by atoms with Crippen molar-refractivity contribution >= 4 is 22.8 Å². The number of carbonyl (C=O) groups excluding carboxylic acids is 1. The van der Waals surface area contributed by atoms with Crippen LogP contribution in [0.1, 0.15) is 32.1 Å². The summed E-state index contributed by atoms with van der Waals surface area (Å²) in [6, 6.07) is 0. The molecule has 2 N–H and O–H groups in total. The van der Waals surface area contributed by atoms with Crippen LogP contribution in [0.5, 0.6) is 0 Å². The molecule has 1 aliphatic heterocycles. The van der Waals surface area contributed by atoms with E-state index in [1.807, 2.05) is 0 Å². The summed E-state index contributed by atoms with van der Waals surface area (Å²) in [6.07, 6.45) is 6.70. The third-order valence-corrected chi connectivity index (χ3v) is 5.32. The van der Waals surface area contributed by atoms with Crippen LogP contribution in [0.4, 0.5) is 0 Å². The van der Waals surface area contributed by atoms with Crippen LogP contribution >= 0.6 is 11.8 Å². The van der Waals surface area contributed by atoms with Gasteiger partial charge in [-0.25, -0.2) is 0 Å². The van der Waals surface area contributed by atoms with Gasteiger partial charge < -0.3 is 15.4 Å². The molecule has 1 fully saturated rings. The minimum atomic E-state index is -0.0108. The van der Waals surface area contributed by atoms with E-state index in [4.69, 9.17) is 4.74 Å². The van der Waals surface area contributed by atoms with Gasteiger partial charge in [-0.3, -0.25) is 9.79 Å². The van der Waals surface area contributed by atoms with Crippen molar-refractivity contribution in [2.75, 3.05) is 39.1 Å². The van der Waals surface area contributed by atoms with E-state index in [1.54, 1.807) is 18.9 Å². The number of thioether (sulfide) groups is 1. The first-order chi connectivity index (χ1) is 9.74. The molecule has 1 spiro atoms. The summed E-state index contributed by atoms with van der Waals surface area (Å²) in [7, 11) is 1.62. The lowest BCUT2D eigenvalue weighted by Crippen LogP contribution is -2.41. The molecule has 0 aromatic heterocycles. The lowest BCUT2D eigenvalue weighted by atomic mass is 9.75. The first kappa shape index (κ1) is 15.6. The van der Waals surface area contributed by atoms with Gasteiger partial charge in [-0.1, -0.05) is 31.0 Å². The fourth-order valence-electron chi connectivity index (χ4n) is 2.77. The molecule has 0 aromatic rings. The molecule has 6 heteroatoms. The average molecular weight is 299 g/mol. The second kappa shape index (κ2) is 7.88. The minimum absolute atomic E-state index is 0.0108. The number of nitrogens with zero attached hydrogens (tertiary/aromatic N) is 1. The van der Waals surface area contributed by atoms with Crippen molar-refractivity contribution in [2.24, 2.45) is 10.4 Å². The highest BCUT2D eigenvalue weighted by atomic mass is 32.2. The van der Waals surface area contributed by atoms with Gasteiger partial charge in [0.15, 0.2) is 5.17 Å². The number of rotatable bonds is 5. The number of methoxy groups -OCH3 is 1. The van der Waals surface area contributed by atoms with E-state index in [2.05, 4.69) is 15.6 Å². The van der Waals surface area contributed by atoms with Crippen molar-refractivity contribution in [1.29, 1.82) is 0 Å². The number of aliphatic imine (C=N–C) groups is 1. The Balaban J connectivity index is 1.68. The van der Waals surface area contributed by atoms with E-state index < -0.39 is 0 Å². The van der Waals surface area contributed by atoms with Crippen molar-refractivity contribution in [2.45, 2.75) is 32.1 Å². The summed E-state index contributed by atoms with van der Waals surface area (Å²) in [5.41, 5.74) is 0.439. The maximum Gasteiger partial charge on any atom is 0.239 e. The van der Waals surface area contributed by atoms with E-state index in [-0.39, 0.29) is 5.91 Å². The summed E-state index contributed by atoms with van der Waals surface area (Å²) in [4.78, 5) is 16.2. The number of ether oxygens (including phenoxy) is 1. The van der Waals surface area contributed by atoms with E-state index in [9.17, 15) is 4.79 Å².